The van der Waals surface area contributed by atoms with Crippen molar-refractivity contribution in [2.45, 2.75) is 110 Å². The highest BCUT2D eigenvalue weighted by molar-refractivity contribution is 5.69. The van der Waals surface area contributed by atoms with E-state index in [0.717, 1.165) is 48.5 Å². The zero-order chi connectivity index (χ0) is 33.3. The number of esters is 7. The van der Waals surface area contributed by atoms with Crippen molar-refractivity contribution in [2.75, 3.05) is 13.2 Å². The number of ether oxygens (including phenoxy) is 10. The quantitative estimate of drug-likeness (QED) is 0.203. The third kappa shape index (κ3) is 10.7. The van der Waals surface area contributed by atoms with Crippen LogP contribution in [-0.4, -0.2) is 122 Å². The summed E-state index contributed by atoms with van der Waals surface area (Å²) in [6, 6.07) is 0. The third-order valence-corrected chi connectivity index (χ3v) is 5.89. The van der Waals surface area contributed by atoms with Crippen LogP contribution < -0.4 is 0 Å². The predicted molar refractivity (Wildman–Crippen MR) is 135 cm³/mol. The molecule has 2 rings (SSSR count). The minimum Gasteiger partial charge on any atom is -0.463 e. The number of aliphatic hydroxyl groups is 1. The van der Waals surface area contributed by atoms with Crippen LogP contribution in [0.3, 0.4) is 0 Å². The Balaban J connectivity index is 2.56. The normalized spacial score (nSPS) is 31.5. The Morgan fingerprint density at radius 1 is 0.477 bits per heavy atom. The van der Waals surface area contributed by atoms with Crippen LogP contribution in [0.15, 0.2) is 0 Å². The molecule has 2 fully saturated rings. The summed E-state index contributed by atoms with van der Waals surface area (Å²) in [5, 5.41) is 11.2. The van der Waals surface area contributed by atoms with Crippen molar-refractivity contribution in [2.24, 2.45) is 0 Å². The Kier molecular flexibility index (Phi) is 13.4. The highest BCUT2D eigenvalue weighted by atomic mass is 16.8. The maximum absolute atomic E-state index is 12.1. The van der Waals surface area contributed by atoms with Gasteiger partial charge in [0.05, 0.1) is 0 Å². The van der Waals surface area contributed by atoms with Crippen molar-refractivity contribution >= 4 is 41.8 Å². The highest BCUT2D eigenvalue weighted by Crippen LogP contribution is 2.34. The lowest BCUT2D eigenvalue weighted by Gasteiger charge is -2.47. The zero-order valence-electron chi connectivity index (χ0n) is 25.1. The molecule has 2 heterocycles. The number of rotatable bonds is 11. The molecule has 0 aromatic rings. The van der Waals surface area contributed by atoms with Gasteiger partial charge in [0.2, 0.25) is 6.29 Å². The average molecular weight is 637 g/mol. The average Bonchev–Trinajstić information content (AvgIpc) is 2.87. The van der Waals surface area contributed by atoms with Crippen LogP contribution >= 0.6 is 0 Å². The van der Waals surface area contributed by atoms with Gasteiger partial charge in [0.15, 0.2) is 36.8 Å². The fourth-order valence-corrected chi connectivity index (χ4v) is 4.43. The lowest BCUT2D eigenvalue weighted by molar-refractivity contribution is -0.377. The van der Waals surface area contributed by atoms with Crippen LogP contribution in [0.5, 0.6) is 0 Å². The Morgan fingerprint density at radius 3 is 1.23 bits per heavy atom. The minimum absolute atomic E-state index is 0.559. The Morgan fingerprint density at radius 2 is 0.818 bits per heavy atom. The number of aliphatic hydroxyl groups excluding tert-OH is 1. The Labute approximate surface area is 251 Å². The molecule has 0 aromatic carbocycles. The molecule has 0 radical (unpaired) electrons. The van der Waals surface area contributed by atoms with Gasteiger partial charge >= 0.3 is 41.8 Å². The Hall–Kier alpha value is -3.87. The van der Waals surface area contributed by atoms with E-state index in [1.54, 1.807) is 0 Å². The highest BCUT2D eigenvalue weighted by Gasteiger charge is 2.56. The second-order valence-corrected chi connectivity index (χ2v) is 9.69. The molecule has 0 bridgehead atoms. The van der Waals surface area contributed by atoms with E-state index < -0.39 is 116 Å². The maximum atomic E-state index is 12.1. The SMILES string of the molecule is CC(=O)OC[C@H]1O[C@@H](O[C@H]2O[C@H](COC(C)=O)[C@@H](OC(C)=O)[C@H](OC(C)=O)[C@@H]2O)[C@@H](OC(C)=O)[C@@H](OC(C)=O)[C@@H]1OC(C)=O. The molecule has 2 aliphatic heterocycles. The molecule has 248 valence electrons. The topological polar surface area (TPSA) is 232 Å². The number of carbonyl (C=O) groups excluding carboxylic acids is 7. The molecule has 2 aliphatic rings. The van der Waals surface area contributed by atoms with Gasteiger partial charge in [0, 0.05) is 48.5 Å². The van der Waals surface area contributed by atoms with E-state index in [-0.39, 0.29) is 0 Å². The first-order chi connectivity index (χ1) is 20.5. The molecule has 0 unspecified atom stereocenters. The van der Waals surface area contributed by atoms with Gasteiger partial charge in [-0.3, -0.25) is 33.6 Å². The van der Waals surface area contributed by atoms with Gasteiger partial charge in [-0.1, -0.05) is 0 Å². The molecule has 0 spiro atoms. The first-order valence-electron chi connectivity index (χ1n) is 13.3. The first-order valence-corrected chi connectivity index (χ1v) is 13.3. The molecule has 0 aliphatic carbocycles. The summed E-state index contributed by atoms with van der Waals surface area (Å²) in [6.07, 6.45) is -16.2. The maximum Gasteiger partial charge on any atom is 0.303 e. The van der Waals surface area contributed by atoms with Gasteiger partial charge < -0.3 is 52.5 Å². The molecule has 0 saturated carbocycles. The van der Waals surface area contributed by atoms with Crippen LogP contribution in [0.2, 0.25) is 0 Å². The van der Waals surface area contributed by atoms with E-state index in [0.29, 0.717) is 0 Å². The van der Waals surface area contributed by atoms with E-state index in [1.807, 2.05) is 0 Å². The lowest BCUT2D eigenvalue weighted by Crippen LogP contribution is -2.66. The third-order valence-electron chi connectivity index (χ3n) is 5.89. The summed E-state index contributed by atoms with van der Waals surface area (Å²) in [7, 11) is 0. The summed E-state index contributed by atoms with van der Waals surface area (Å²) in [5.74, 6) is -5.92. The molecule has 0 amide bonds. The van der Waals surface area contributed by atoms with Crippen LogP contribution in [0.25, 0.3) is 0 Å². The Bertz CT molecular complexity index is 1090. The summed E-state index contributed by atoms with van der Waals surface area (Å²) < 4.78 is 53.8. The first kappa shape index (κ1) is 36.3. The second kappa shape index (κ2) is 16.3. The fourth-order valence-electron chi connectivity index (χ4n) is 4.43. The van der Waals surface area contributed by atoms with Gasteiger partial charge in [0.1, 0.15) is 31.5 Å². The van der Waals surface area contributed by atoms with Crippen LogP contribution in [-0.2, 0) is 80.9 Å². The van der Waals surface area contributed by atoms with Crippen molar-refractivity contribution in [1.29, 1.82) is 0 Å². The van der Waals surface area contributed by atoms with Gasteiger partial charge in [-0.15, -0.1) is 0 Å². The molecule has 10 atom stereocenters. The van der Waals surface area contributed by atoms with E-state index in [1.165, 1.54) is 0 Å². The van der Waals surface area contributed by atoms with E-state index in [2.05, 4.69) is 0 Å². The molecule has 18 nitrogen and oxygen atoms in total. The molecule has 0 aromatic heterocycles. The van der Waals surface area contributed by atoms with Crippen molar-refractivity contribution < 1.29 is 86.0 Å². The lowest BCUT2D eigenvalue weighted by atomic mass is 9.97. The van der Waals surface area contributed by atoms with Crippen LogP contribution in [0, 0.1) is 0 Å². The zero-order valence-corrected chi connectivity index (χ0v) is 25.1. The van der Waals surface area contributed by atoms with Gasteiger partial charge in [0.25, 0.3) is 0 Å². The summed E-state index contributed by atoms with van der Waals surface area (Å²) in [4.78, 5) is 83.0. The minimum atomic E-state index is -1.91. The van der Waals surface area contributed by atoms with Crippen molar-refractivity contribution in [1.82, 2.24) is 0 Å². The van der Waals surface area contributed by atoms with E-state index in [9.17, 15) is 38.7 Å². The molecular weight excluding hydrogens is 600 g/mol. The van der Waals surface area contributed by atoms with Crippen LogP contribution in [0.4, 0.5) is 0 Å². The summed E-state index contributed by atoms with van der Waals surface area (Å²) in [5.41, 5.74) is 0. The smallest absolute Gasteiger partial charge is 0.303 e. The monoisotopic (exact) mass is 636 g/mol. The number of hydrogen-bond acceptors (Lipinski definition) is 18. The van der Waals surface area contributed by atoms with Crippen molar-refractivity contribution in [3.05, 3.63) is 0 Å². The van der Waals surface area contributed by atoms with Crippen molar-refractivity contribution in [3.63, 3.8) is 0 Å². The number of hydrogen-bond donors (Lipinski definition) is 1. The fraction of sp³-hybridized carbons (Fsp3) is 0.731. The molecule has 1 N–H and O–H groups in total. The standard InChI is InChI=1S/C26H36O18/c1-10(27)35-8-17-20(37-12(3)29)22(39-14(5)31)19(34)25(42-17)44-26-24(41-16(7)33)23(40-15(6)32)21(38-13(4)30)18(43-26)9-36-11(2)28/h17-26,34H,8-9H2,1-7H3/t17-,18-,19+,20-,21-,22-,23+,24+,25-,26+/m1/s1. The predicted octanol–water partition coefficient (Wildman–Crippen LogP) is -1.40. The molecular formula is C26H36O18. The molecule has 44 heavy (non-hydrogen) atoms. The van der Waals surface area contributed by atoms with Gasteiger partial charge in [-0.2, -0.15) is 0 Å². The molecule has 18 heteroatoms. The van der Waals surface area contributed by atoms with Crippen LogP contribution in [0.1, 0.15) is 48.5 Å². The van der Waals surface area contributed by atoms with E-state index >= 15 is 0 Å². The summed E-state index contributed by atoms with van der Waals surface area (Å²) in [6.45, 7) is 6.19. The van der Waals surface area contributed by atoms with Gasteiger partial charge in [-0.05, 0) is 0 Å². The number of carbonyl (C=O) groups is 7. The molecule has 2 saturated heterocycles. The summed E-state index contributed by atoms with van der Waals surface area (Å²) >= 11 is 0. The van der Waals surface area contributed by atoms with Crippen molar-refractivity contribution in [3.8, 4) is 0 Å². The van der Waals surface area contributed by atoms with E-state index in [4.69, 9.17) is 47.4 Å². The largest absolute Gasteiger partial charge is 0.463 e. The second-order valence-electron chi connectivity index (χ2n) is 9.69. The van der Waals surface area contributed by atoms with Gasteiger partial charge in [-0.25, -0.2) is 0 Å².